The number of aromatic nitrogens is 2. The van der Waals surface area contributed by atoms with Crippen LogP contribution >= 0.6 is 11.6 Å². The zero-order valence-electron chi connectivity index (χ0n) is 12.8. The molecule has 0 saturated heterocycles. The fourth-order valence-electron chi connectivity index (χ4n) is 2.43. The molecule has 0 spiro atoms. The minimum absolute atomic E-state index is 0.590. The second kappa shape index (κ2) is 8.37. The molecular formula is C16H23ClN2O2. The van der Waals surface area contributed by atoms with Crippen LogP contribution in [0.25, 0.3) is 11.0 Å². The molecule has 1 aromatic heterocycles. The topological polar surface area (TPSA) is 36.3 Å². The van der Waals surface area contributed by atoms with E-state index >= 15 is 0 Å². The lowest BCUT2D eigenvalue weighted by atomic mass is 10.2. The summed E-state index contributed by atoms with van der Waals surface area (Å²) in [5.41, 5.74) is 3.48. The van der Waals surface area contributed by atoms with Crippen LogP contribution in [-0.4, -0.2) is 42.4 Å². The van der Waals surface area contributed by atoms with E-state index in [9.17, 15) is 0 Å². The zero-order chi connectivity index (χ0) is 15.1. The number of methoxy groups -OCH3 is 1. The molecule has 0 aliphatic carbocycles. The Labute approximate surface area is 131 Å². The largest absolute Gasteiger partial charge is 0.382 e. The van der Waals surface area contributed by atoms with Crippen LogP contribution in [0.15, 0.2) is 18.2 Å². The Hall–Kier alpha value is -1.10. The van der Waals surface area contributed by atoms with E-state index in [4.69, 9.17) is 26.1 Å². The van der Waals surface area contributed by atoms with Crippen LogP contribution < -0.4 is 0 Å². The molecule has 0 bridgehead atoms. The predicted molar refractivity (Wildman–Crippen MR) is 86.2 cm³/mol. The number of imidazole rings is 1. The molecule has 116 valence electrons. The molecule has 0 unspecified atom stereocenters. The first kappa shape index (κ1) is 16.3. The molecule has 4 nitrogen and oxygen atoms in total. The Bertz CT molecular complexity index is 569. The Morgan fingerprint density at radius 1 is 1.24 bits per heavy atom. The molecule has 0 fully saturated rings. The van der Waals surface area contributed by atoms with E-state index in [2.05, 4.69) is 29.7 Å². The third-order valence-corrected chi connectivity index (χ3v) is 3.67. The smallest absolute Gasteiger partial charge is 0.111 e. The molecule has 1 aromatic carbocycles. The summed E-state index contributed by atoms with van der Waals surface area (Å²) in [5, 5.41) is 0. The van der Waals surface area contributed by atoms with Crippen molar-refractivity contribution < 1.29 is 9.47 Å². The van der Waals surface area contributed by atoms with E-state index in [1.54, 1.807) is 7.11 Å². The summed E-state index contributed by atoms with van der Waals surface area (Å²) >= 11 is 5.90. The highest BCUT2D eigenvalue weighted by Gasteiger charge is 2.11. The van der Waals surface area contributed by atoms with Crippen molar-refractivity contribution in [2.75, 3.05) is 32.8 Å². The van der Waals surface area contributed by atoms with Crippen LogP contribution in [0.3, 0.4) is 0 Å². The van der Waals surface area contributed by atoms with Crippen LogP contribution in [0, 0.1) is 6.92 Å². The minimum atomic E-state index is 0.590. The van der Waals surface area contributed by atoms with Gasteiger partial charge in [-0.15, -0.1) is 11.6 Å². The van der Waals surface area contributed by atoms with Crippen molar-refractivity contribution in [1.82, 2.24) is 9.55 Å². The SMILES string of the molecule is COCCOCCCn1c(CCCl)nc2c(C)cccc21. The van der Waals surface area contributed by atoms with E-state index in [1.165, 1.54) is 11.1 Å². The molecule has 5 heteroatoms. The minimum Gasteiger partial charge on any atom is -0.382 e. The van der Waals surface area contributed by atoms with Gasteiger partial charge in [0.1, 0.15) is 5.82 Å². The van der Waals surface area contributed by atoms with E-state index in [-0.39, 0.29) is 0 Å². The van der Waals surface area contributed by atoms with E-state index in [0.717, 1.165) is 37.3 Å². The highest BCUT2D eigenvalue weighted by Crippen LogP contribution is 2.20. The fourth-order valence-corrected chi connectivity index (χ4v) is 2.60. The van der Waals surface area contributed by atoms with Gasteiger partial charge in [-0.2, -0.15) is 0 Å². The number of hydrogen-bond acceptors (Lipinski definition) is 3. The molecule has 1 heterocycles. The van der Waals surface area contributed by atoms with Crippen molar-refractivity contribution in [2.45, 2.75) is 26.3 Å². The van der Waals surface area contributed by atoms with Gasteiger partial charge in [-0.1, -0.05) is 12.1 Å². The van der Waals surface area contributed by atoms with E-state index in [1.807, 2.05) is 0 Å². The van der Waals surface area contributed by atoms with Gasteiger partial charge in [-0.25, -0.2) is 4.98 Å². The molecule has 2 rings (SSSR count). The van der Waals surface area contributed by atoms with Crippen molar-refractivity contribution in [1.29, 1.82) is 0 Å². The molecular weight excluding hydrogens is 288 g/mol. The van der Waals surface area contributed by atoms with Crippen molar-refractivity contribution in [3.63, 3.8) is 0 Å². The van der Waals surface area contributed by atoms with E-state index in [0.29, 0.717) is 19.1 Å². The molecule has 0 amide bonds. The number of rotatable bonds is 9. The highest BCUT2D eigenvalue weighted by atomic mass is 35.5. The summed E-state index contributed by atoms with van der Waals surface area (Å²) in [6, 6.07) is 6.30. The van der Waals surface area contributed by atoms with Gasteiger partial charge in [0, 0.05) is 32.6 Å². The van der Waals surface area contributed by atoms with Crippen molar-refractivity contribution >= 4 is 22.6 Å². The van der Waals surface area contributed by atoms with Gasteiger partial charge in [-0.3, -0.25) is 0 Å². The summed E-state index contributed by atoms with van der Waals surface area (Å²) < 4.78 is 12.8. The standard InChI is InChI=1S/C16H23ClN2O2/c1-13-5-3-6-14-16(13)18-15(7-8-17)19(14)9-4-10-21-12-11-20-2/h3,5-6H,4,7-12H2,1-2H3. The lowest BCUT2D eigenvalue weighted by Crippen LogP contribution is -2.09. The summed E-state index contributed by atoms with van der Waals surface area (Å²) in [7, 11) is 1.68. The summed E-state index contributed by atoms with van der Waals surface area (Å²) in [4.78, 5) is 4.75. The number of hydrogen-bond donors (Lipinski definition) is 0. The number of para-hydroxylation sites is 1. The van der Waals surface area contributed by atoms with Crippen LogP contribution in [-0.2, 0) is 22.4 Å². The van der Waals surface area contributed by atoms with Gasteiger partial charge in [0.25, 0.3) is 0 Å². The predicted octanol–water partition coefficient (Wildman–Crippen LogP) is 3.18. The average molecular weight is 311 g/mol. The molecule has 0 aliphatic heterocycles. The third kappa shape index (κ3) is 4.19. The van der Waals surface area contributed by atoms with Gasteiger partial charge in [0.05, 0.1) is 24.2 Å². The number of ether oxygens (including phenoxy) is 2. The van der Waals surface area contributed by atoms with Gasteiger partial charge in [-0.05, 0) is 25.0 Å². The van der Waals surface area contributed by atoms with Gasteiger partial charge in [0.2, 0.25) is 0 Å². The summed E-state index contributed by atoms with van der Waals surface area (Å²) in [6.45, 7) is 5.02. The maximum Gasteiger partial charge on any atom is 0.111 e. The Kier molecular flexibility index (Phi) is 6.49. The number of nitrogens with zero attached hydrogens (tertiary/aromatic N) is 2. The number of fused-ring (bicyclic) bond motifs is 1. The molecule has 21 heavy (non-hydrogen) atoms. The monoisotopic (exact) mass is 310 g/mol. The second-order valence-corrected chi connectivity index (χ2v) is 5.40. The Balaban J connectivity index is 2.06. The Morgan fingerprint density at radius 3 is 2.86 bits per heavy atom. The van der Waals surface area contributed by atoms with Crippen LogP contribution in [0.4, 0.5) is 0 Å². The zero-order valence-corrected chi connectivity index (χ0v) is 13.5. The maximum atomic E-state index is 5.90. The average Bonchev–Trinajstić information content (AvgIpc) is 2.83. The maximum absolute atomic E-state index is 5.90. The molecule has 0 N–H and O–H groups in total. The molecule has 2 aromatic rings. The number of aryl methyl sites for hydroxylation is 3. The quantitative estimate of drug-likeness (QED) is 0.527. The molecule has 0 saturated carbocycles. The third-order valence-electron chi connectivity index (χ3n) is 3.48. The highest BCUT2D eigenvalue weighted by molar-refractivity contribution is 6.17. The van der Waals surface area contributed by atoms with Gasteiger partial charge >= 0.3 is 0 Å². The molecule has 0 aliphatic rings. The van der Waals surface area contributed by atoms with Gasteiger partial charge in [0.15, 0.2) is 0 Å². The van der Waals surface area contributed by atoms with Crippen LogP contribution in [0.5, 0.6) is 0 Å². The van der Waals surface area contributed by atoms with Crippen LogP contribution in [0.1, 0.15) is 17.8 Å². The molecule has 0 radical (unpaired) electrons. The van der Waals surface area contributed by atoms with Crippen molar-refractivity contribution in [3.8, 4) is 0 Å². The number of alkyl halides is 1. The fraction of sp³-hybridized carbons (Fsp3) is 0.562. The lowest BCUT2D eigenvalue weighted by Gasteiger charge is -2.09. The van der Waals surface area contributed by atoms with Crippen LogP contribution in [0.2, 0.25) is 0 Å². The summed E-state index contributed by atoms with van der Waals surface area (Å²) in [5.74, 6) is 1.65. The first-order chi connectivity index (χ1) is 10.3. The second-order valence-electron chi connectivity index (χ2n) is 5.02. The first-order valence-electron chi connectivity index (χ1n) is 7.35. The summed E-state index contributed by atoms with van der Waals surface area (Å²) in [6.07, 6.45) is 1.75. The van der Waals surface area contributed by atoms with E-state index < -0.39 is 0 Å². The number of benzene rings is 1. The normalized spacial score (nSPS) is 11.4. The van der Waals surface area contributed by atoms with Crippen molar-refractivity contribution in [2.24, 2.45) is 0 Å². The van der Waals surface area contributed by atoms with Crippen molar-refractivity contribution in [3.05, 3.63) is 29.6 Å². The Morgan fingerprint density at radius 2 is 2.10 bits per heavy atom. The molecule has 0 atom stereocenters. The number of halogens is 1. The first-order valence-corrected chi connectivity index (χ1v) is 7.88. The van der Waals surface area contributed by atoms with Gasteiger partial charge < -0.3 is 14.0 Å². The lowest BCUT2D eigenvalue weighted by molar-refractivity contribution is 0.0680.